The van der Waals surface area contributed by atoms with Crippen molar-refractivity contribution in [3.8, 4) is 11.5 Å². The highest BCUT2D eigenvalue weighted by Gasteiger charge is 2.34. The zero-order valence-corrected chi connectivity index (χ0v) is 36.0. The number of nitro groups is 1. The van der Waals surface area contributed by atoms with E-state index in [9.17, 15) is 36.5 Å². The molecule has 8 rings (SSSR count). The number of amides is 1. The molecule has 2 aliphatic heterocycles. The maximum absolute atomic E-state index is 13.9. The van der Waals surface area contributed by atoms with E-state index in [0.717, 1.165) is 47.6 Å². The molecule has 3 N–H and O–H groups in total. The second-order valence-corrected chi connectivity index (χ2v) is 18.9. The Morgan fingerprint density at radius 1 is 1.08 bits per heavy atom. The van der Waals surface area contributed by atoms with Gasteiger partial charge in [0.15, 0.2) is 0 Å². The standard InChI is InChI=1S/C44H45ClF3N7O7S/c1-43(2)12-9-28(36(23-43)34-6-3-29(20-37(34)45)44(46,47)48)25-53-14-16-54(17-15-53)31-4-7-35(40(21-31)62-32-19-27-10-13-49-41(27)50-24-32)42(56)52-63(59,60)33-5-8-38(39(22-33)55(57)58)51-30-11-18-61-26-30/h3-8,10,13,19-22,24,30,51H,9,11-12,14-18,23,25-26H2,1-2H3,(H,49,50)(H,52,56)/t30-/m0/s1. The smallest absolute Gasteiger partial charge is 0.416 e. The number of H-pyrrole nitrogens is 1. The zero-order chi connectivity index (χ0) is 44.7. The lowest BCUT2D eigenvalue weighted by atomic mass is 9.72. The number of allylic oxidation sites excluding steroid dienone is 1. The Labute approximate surface area is 366 Å². The van der Waals surface area contributed by atoms with Gasteiger partial charge in [-0.3, -0.25) is 19.8 Å². The van der Waals surface area contributed by atoms with Crippen LogP contribution >= 0.6 is 11.6 Å². The number of halogens is 4. The summed E-state index contributed by atoms with van der Waals surface area (Å²) < 4.78 is 81.3. The number of aromatic nitrogens is 2. The van der Waals surface area contributed by atoms with Crippen LogP contribution in [0.3, 0.4) is 0 Å². The number of ether oxygens (including phenoxy) is 2. The Bertz CT molecular complexity index is 2710. The minimum absolute atomic E-state index is 0.0468. The lowest BCUT2D eigenvalue weighted by Crippen LogP contribution is -2.47. The Hall–Kier alpha value is -5.69. The van der Waals surface area contributed by atoms with Crippen molar-refractivity contribution >= 4 is 61.2 Å². The normalized spacial score (nSPS) is 18.4. The molecule has 0 saturated carbocycles. The van der Waals surface area contributed by atoms with Crippen LogP contribution in [0.2, 0.25) is 5.02 Å². The molecule has 1 aliphatic carbocycles. The van der Waals surface area contributed by atoms with Crippen LogP contribution in [0.15, 0.2) is 89.6 Å². The molecule has 0 spiro atoms. The fourth-order valence-corrected chi connectivity index (χ4v) is 9.58. The summed E-state index contributed by atoms with van der Waals surface area (Å²) in [6.07, 6.45) is 1.74. The van der Waals surface area contributed by atoms with Crippen molar-refractivity contribution in [1.29, 1.82) is 0 Å². The number of nitrogens with zero attached hydrogens (tertiary/aromatic N) is 4. The van der Waals surface area contributed by atoms with Crippen molar-refractivity contribution in [3.63, 3.8) is 0 Å². The molecule has 0 unspecified atom stereocenters. The average molecular weight is 908 g/mol. The molecule has 2 aromatic heterocycles. The van der Waals surface area contributed by atoms with Gasteiger partial charge in [0.05, 0.1) is 39.8 Å². The summed E-state index contributed by atoms with van der Waals surface area (Å²) in [5.74, 6) is -0.671. The molecule has 5 aromatic rings. The van der Waals surface area contributed by atoms with E-state index in [1.54, 1.807) is 30.5 Å². The molecule has 2 saturated heterocycles. The number of nitro benzene ring substituents is 1. The first-order valence-corrected chi connectivity index (χ1v) is 22.3. The molecule has 0 bridgehead atoms. The second-order valence-electron chi connectivity index (χ2n) is 16.8. The van der Waals surface area contributed by atoms with Gasteiger partial charge in [-0.15, -0.1) is 0 Å². The number of anilines is 2. The summed E-state index contributed by atoms with van der Waals surface area (Å²) in [6.45, 7) is 8.27. The molecule has 14 nitrogen and oxygen atoms in total. The van der Waals surface area contributed by atoms with Crippen molar-refractivity contribution in [1.82, 2.24) is 19.6 Å². The summed E-state index contributed by atoms with van der Waals surface area (Å²) in [7, 11) is -4.61. The lowest BCUT2D eigenvalue weighted by Gasteiger charge is -2.39. The number of piperazine rings is 1. The van der Waals surface area contributed by atoms with Crippen molar-refractivity contribution in [2.24, 2.45) is 5.41 Å². The number of aromatic amines is 1. The van der Waals surface area contributed by atoms with Crippen LogP contribution in [0.25, 0.3) is 16.6 Å². The number of carbonyl (C=O) groups excluding carboxylic acids is 1. The number of rotatable bonds is 12. The van der Waals surface area contributed by atoms with Crippen LogP contribution in [0.4, 0.5) is 30.2 Å². The van der Waals surface area contributed by atoms with Gasteiger partial charge < -0.3 is 24.7 Å². The number of nitrogens with one attached hydrogen (secondary N) is 3. The van der Waals surface area contributed by atoms with E-state index < -0.39 is 43.2 Å². The number of hydrogen-bond donors (Lipinski definition) is 3. The number of fused-ring (bicyclic) bond motifs is 1. The highest BCUT2D eigenvalue weighted by molar-refractivity contribution is 7.90. The quantitative estimate of drug-likeness (QED) is 0.0806. The number of pyridine rings is 1. The van der Waals surface area contributed by atoms with Crippen LogP contribution in [0, 0.1) is 15.5 Å². The van der Waals surface area contributed by atoms with Gasteiger partial charge in [-0.2, -0.15) is 13.2 Å². The zero-order valence-electron chi connectivity index (χ0n) is 34.4. The maximum atomic E-state index is 13.9. The molecule has 0 radical (unpaired) electrons. The first kappa shape index (κ1) is 43.9. The van der Waals surface area contributed by atoms with E-state index in [2.05, 4.69) is 43.7 Å². The van der Waals surface area contributed by atoms with E-state index in [1.807, 2.05) is 0 Å². The molecular weight excluding hydrogens is 863 g/mol. The fourth-order valence-electron chi connectivity index (χ4n) is 8.30. The topological polar surface area (TPSA) is 172 Å². The van der Waals surface area contributed by atoms with Gasteiger partial charge in [-0.25, -0.2) is 18.1 Å². The Kier molecular flexibility index (Phi) is 12.2. The van der Waals surface area contributed by atoms with Crippen LogP contribution < -0.4 is 19.7 Å². The number of alkyl halides is 3. The van der Waals surface area contributed by atoms with Gasteiger partial charge >= 0.3 is 6.18 Å². The largest absolute Gasteiger partial charge is 0.455 e. The van der Waals surface area contributed by atoms with Crippen LogP contribution in [0.5, 0.6) is 11.5 Å². The number of benzene rings is 3. The highest BCUT2D eigenvalue weighted by atomic mass is 35.5. The van der Waals surface area contributed by atoms with Crippen molar-refractivity contribution in [3.05, 3.63) is 117 Å². The van der Waals surface area contributed by atoms with Crippen LogP contribution in [-0.4, -0.2) is 86.1 Å². The monoisotopic (exact) mass is 907 g/mol. The Balaban J connectivity index is 1.02. The Morgan fingerprint density at radius 2 is 1.87 bits per heavy atom. The molecule has 19 heteroatoms. The third kappa shape index (κ3) is 9.93. The first-order chi connectivity index (χ1) is 29.9. The summed E-state index contributed by atoms with van der Waals surface area (Å²) in [5.41, 5.74) is 2.82. The molecule has 1 amide bonds. The molecule has 3 aromatic carbocycles. The summed E-state index contributed by atoms with van der Waals surface area (Å²) in [5, 5.41) is 15.8. The Morgan fingerprint density at radius 3 is 2.59 bits per heavy atom. The lowest BCUT2D eigenvalue weighted by molar-refractivity contribution is -0.384. The van der Waals surface area contributed by atoms with Crippen molar-refractivity contribution in [2.75, 3.05) is 56.2 Å². The van der Waals surface area contributed by atoms with E-state index in [-0.39, 0.29) is 33.5 Å². The molecular formula is C44H45ClF3N7O7S. The third-order valence-electron chi connectivity index (χ3n) is 11.8. The summed E-state index contributed by atoms with van der Waals surface area (Å²) in [4.78, 5) is 36.5. The van der Waals surface area contributed by atoms with E-state index in [1.165, 1.54) is 30.5 Å². The fraction of sp³-hybridized carbons (Fsp3) is 0.364. The van der Waals surface area contributed by atoms with E-state index in [4.69, 9.17) is 21.1 Å². The van der Waals surface area contributed by atoms with Gasteiger partial charge in [0.2, 0.25) is 0 Å². The highest BCUT2D eigenvalue weighted by Crippen LogP contribution is 2.46. The molecule has 332 valence electrons. The number of hydrogen-bond acceptors (Lipinski definition) is 11. The van der Waals surface area contributed by atoms with Gasteiger partial charge in [0.1, 0.15) is 22.8 Å². The SMILES string of the molecule is CC1(C)CCC(CN2CCN(c3ccc(C(=O)NS(=O)(=O)c4ccc(N[C@H]5CCOC5)c([N+](=O)[O-])c4)c(Oc4cnc5[nH]ccc5c4)c3)CC2)=C(c2ccc(C(F)(F)F)cc2Cl)C1. The van der Waals surface area contributed by atoms with Gasteiger partial charge in [-0.05, 0) is 90.8 Å². The van der Waals surface area contributed by atoms with Crippen LogP contribution in [0.1, 0.15) is 61.0 Å². The predicted octanol–water partition coefficient (Wildman–Crippen LogP) is 9.04. The van der Waals surface area contributed by atoms with Crippen LogP contribution in [-0.2, 0) is 20.9 Å². The maximum Gasteiger partial charge on any atom is 0.416 e. The second kappa shape index (κ2) is 17.5. The minimum atomic E-state index is -4.61. The number of sulfonamides is 1. The van der Waals surface area contributed by atoms with Gasteiger partial charge in [0.25, 0.3) is 21.6 Å². The van der Waals surface area contributed by atoms with Gasteiger partial charge in [-0.1, -0.05) is 37.1 Å². The molecule has 2 fully saturated rings. The van der Waals surface area contributed by atoms with E-state index >= 15 is 0 Å². The first-order valence-electron chi connectivity index (χ1n) is 20.4. The number of carbonyl (C=O) groups is 1. The van der Waals surface area contributed by atoms with Crippen molar-refractivity contribution in [2.45, 2.75) is 56.6 Å². The molecule has 63 heavy (non-hydrogen) atoms. The average Bonchev–Trinajstić information content (AvgIpc) is 3.93. The summed E-state index contributed by atoms with van der Waals surface area (Å²) >= 11 is 6.52. The van der Waals surface area contributed by atoms with E-state index in [0.29, 0.717) is 81.4 Å². The van der Waals surface area contributed by atoms with Gasteiger partial charge in [0, 0.05) is 73.8 Å². The third-order valence-corrected chi connectivity index (χ3v) is 13.4. The van der Waals surface area contributed by atoms with Crippen molar-refractivity contribution < 1.29 is 40.8 Å². The molecule has 3 aliphatic rings. The minimum Gasteiger partial charge on any atom is -0.455 e. The molecule has 4 heterocycles. The predicted molar refractivity (Wildman–Crippen MR) is 233 cm³/mol. The molecule has 1 atom stereocenters. The summed E-state index contributed by atoms with van der Waals surface area (Å²) in [6, 6.07) is 15.2.